The molecule has 0 aliphatic carbocycles. The first-order chi connectivity index (χ1) is 10.3. The Morgan fingerprint density at radius 1 is 1.14 bits per heavy atom. The predicted molar refractivity (Wildman–Crippen MR) is 85.6 cm³/mol. The van der Waals surface area contributed by atoms with E-state index in [1.54, 1.807) is 0 Å². The first-order valence-corrected chi connectivity index (χ1v) is 8.30. The summed E-state index contributed by atoms with van der Waals surface area (Å²) in [7, 11) is 0. The summed E-state index contributed by atoms with van der Waals surface area (Å²) in [6, 6.07) is 7.92. The van der Waals surface area contributed by atoms with Gasteiger partial charge in [-0.1, -0.05) is 38.3 Å². The third-order valence-electron chi connectivity index (χ3n) is 4.07. The Morgan fingerprint density at radius 2 is 1.86 bits per heavy atom. The fraction of sp³-hybridized carbons (Fsp3) is 0.611. The first-order valence-electron chi connectivity index (χ1n) is 8.30. The van der Waals surface area contributed by atoms with Crippen molar-refractivity contribution in [2.75, 3.05) is 13.1 Å². The highest BCUT2D eigenvalue weighted by Gasteiger charge is 2.18. The van der Waals surface area contributed by atoms with Crippen molar-refractivity contribution in [1.82, 2.24) is 5.32 Å². The van der Waals surface area contributed by atoms with Crippen LogP contribution in [0.1, 0.15) is 61.4 Å². The summed E-state index contributed by atoms with van der Waals surface area (Å²) in [5.74, 6) is -0.181. The second-order valence-corrected chi connectivity index (χ2v) is 5.86. The molecule has 3 nitrogen and oxygen atoms in total. The summed E-state index contributed by atoms with van der Waals surface area (Å²) < 4.78 is 5.55. The van der Waals surface area contributed by atoms with Crippen molar-refractivity contribution in [3.63, 3.8) is 0 Å². The molecule has 0 aromatic heterocycles. The summed E-state index contributed by atoms with van der Waals surface area (Å²) in [5, 5.41) is 3.27. The van der Waals surface area contributed by atoms with Gasteiger partial charge in [0, 0.05) is 0 Å². The number of unbranched alkanes of at least 4 members (excludes halogenated alkanes) is 3. The van der Waals surface area contributed by atoms with Gasteiger partial charge in [-0.05, 0) is 56.5 Å². The number of nitrogens with one attached hydrogen (secondary N) is 1. The van der Waals surface area contributed by atoms with E-state index in [-0.39, 0.29) is 12.1 Å². The van der Waals surface area contributed by atoms with E-state index in [0.717, 1.165) is 32.4 Å². The second kappa shape index (κ2) is 8.83. The van der Waals surface area contributed by atoms with E-state index in [1.807, 2.05) is 12.1 Å². The van der Waals surface area contributed by atoms with Crippen molar-refractivity contribution in [1.29, 1.82) is 0 Å². The van der Waals surface area contributed by atoms with Gasteiger partial charge in [0.15, 0.2) is 0 Å². The van der Waals surface area contributed by atoms with Gasteiger partial charge in [-0.3, -0.25) is 0 Å². The van der Waals surface area contributed by atoms with Gasteiger partial charge in [0.05, 0.1) is 5.56 Å². The van der Waals surface area contributed by atoms with Crippen LogP contribution in [0.3, 0.4) is 0 Å². The summed E-state index contributed by atoms with van der Waals surface area (Å²) in [6.07, 6.45) is 8.10. The quantitative estimate of drug-likeness (QED) is 0.614. The third-order valence-corrected chi connectivity index (χ3v) is 4.07. The molecule has 1 fully saturated rings. The monoisotopic (exact) mass is 289 g/mol. The van der Waals surface area contributed by atoms with Crippen molar-refractivity contribution in [2.45, 2.75) is 58.0 Å². The molecule has 1 N–H and O–H groups in total. The summed E-state index contributed by atoms with van der Waals surface area (Å²) in [5.41, 5.74) is 1.98. The lowest BCUT2D eigenvalue weighted by Gasteiger charge is -2.22. The second-order valence-electron chi connectivity index (χ2n) is 5.86. The van der Waals surface area contributed by atoms with Crippen LogP contribution in [0, 0.1) is 0 Å². The maximum Gasteiger partial charge on any atom is 0.338 e. The lowest BCUT2D eigenvalue weighted by Crippen LogP contribution is -2.33. The van der Waals surface area contributed by atoms with Crippen molar-refractivity contribution in [2.24, 2.45) is 0 Å². The molecule has 0 bridgehead atoms. The van der Waals surface area contributed by atoms with Crippen molar-refractivity contribution >= 4 is 5.97 Å². The van der Waals surface area contributed by atoms with Gasteiger partial charge in [0.1, 0.15) is 6.10 Å². The summed E-state index contributed by atoms with van der Waals surface area (Å²) >= 11 is 0. The average Bonchev–Trinajstić information content (AvgIpc) is 2.53. The average molecular weight is 289 g/mol. The molecule has 21 heavy (non-hydrogen) atoms. The van der Waals surface area contributed by atoms with E-state index in [1.165, 1.54) is 31.2 Å². The van der Waals surface area contributed by atoms with Gasteiger partial charge < -0.3 is 10.1 Å². The summed E-state index contributed by atoms with van der Waals surface area (Å²) in [4.78, 5) is 12.1. The number of piperidine rings is 1. The molecular weight excluding hydrogens is 262 g/mol. The molecule has 0 unspecified atom stereocenters. The van der Waals surface area contributed by atoms with Gasteiger partial charge >= 0.3 is 5.97 Å². The molecule has 1 aromatic carbocycles. The van der Waals surface area contributed by atoms with E-state index in [0.29, 0.717) is 5.56 Å². The number of benzene rings is 1. The number of ether oxygens (including phenoxy) is 1. The van der Waals surface area contributed by atoms with Crippen molar-refractivity contribution in [3.8, 4) is 0 Å². The van der Waals surface area contributed by atoms with Gasteiger partial charge in [0.25, 0.3) is 0 Å². The number of carbonyl (C=O) groups excluding carboxylic acids is 1. The van der Waals surface area contributed by atoms with Gasteiger partial charge in [-0.25, -0.2) is 4.79 Å². The normalized spacial score (nSPS) is 15.9. The Morgan fingerprint density at radius 3 is 2.52 bits per heavy atom. The van der Waals surface area contributed by atoms with Crippen molar-refractivity contribution in [3.05, 3.63) is 35.4 Å². The van der Waals surface area contributed by atoms with E-state index in [9.17, 15) is 4.79 Å². The van der Waals surface area contributed by atoms with Crippen molar-refractivity contribution < 1.29 is 9.53 Å². The molecule has 1 aliphatic rings. The standard InChI is InChI=1S/C18H27NO2/c1-2-3-4-5-6-15-7-9-16(10-8-15)18(20)21-17-11-13-19-14-12-17/h7-10,17,19H,2-6,11-14H2,1H3. The lowest BCUT2D eigenvalue weighted by molar-refractivity contribution is 0.0229. The number of carbonyl (C=O) groups is 1. The molecule has 1 aromatic rings. The fourth-order valence-corrected chi connectivity index (χ4v) is 2.70. The maximum atomic E-state index is 12.1. The minimum Gasteiger partial charge on any atom is -0.459 e. The zero-order valence-corrected chi connectivity index (χ0v) is 13.1. The largest absolute Gasteiger partial charge is 0.459 e. The smallest absolute Gasteiger partial charge is 0.338 e. The molecule has 3 heteroatoms. The van der Waals surface area contributed by atoms with Crippen LogP contribution < -0.4 is 5.32 Å². The summed E-state index contributed by atoms with van der Waals surface area (Å²) in [6.45, 7) is 4.10. The van der Waals surface area contributed by atoms with Gasteiger partial charge in [-0.2, -0.15) is 0 Å². The molecule has 0 radical (unpaired) electrons. The molecule has 2 rings (SSSR count). The zero-order valence-electron chi connectivity index (χ0n) is 13.1. The minimum atomic E-state index is -0.181. The van der Waals surface area contributed by atoms with Crippen LogP contribution >= 0.6 is 0 Å². The Balaban J connectivity index is 1.78. The SMILES string of the molecule is CCCCCCc1ccc(C(=O)OC2CCNCC2)cc1. The molecule has 0 spiro atoms. The van der Waals surface area contributed by atoms with E-state index in [2.05, 4.69) is 24.4 Å². The number of hydrogen-bond donors (Lipinski definition) is 1. The Kier molecular flexibility index (Phi) is 6.74. The highest BCUT2D eigenvalue weighted by Crippen LogP contribution is 2.13. The number of aryl methyl sites for hydroxylation is 1. The topological polar surface area (TPSA) is 38.3 Å². The molecule has 0 atom stereocenters. The number of esters is 1. The molecule has 1 saturated heterocycles. The fourth-order valence-electron chi connectivity index (χ4n) is 2.70. The molecular formula is C18H27NO2. The van der Waals surface area contributed by atoms with E-state index >= 15 is 0 Å². The molecule has 116 valence electrons. The Labute approximate surface area is 128 Å². The number of hydrogen-bond acceptors (Lipinski definition) is 3. The van der Waals surface area contributed by atoms with Crippen LogP contribution in [0.15, 0.2) is 24.3 Å². The highest BCUT2D eigenvalue weighted by atomic mass is 16.5. The Hall–Kier alpha value is -1.35. The molecule has 0 saturated carbocycles. The third kappa shape index (κ3) is 5.50. The maximum absolute atomic E-state index is 12.1. The van der Waals surface area contributed by atoms with Crippen LogP contribution in [0.5, 0.6) is 0 Å². The van der Waals surface area contributed by atoms with Crippen LogP contribution in [0.2, 0.25) is 0 Å². The van der Waals surface area contributed by atoms with Crippen LogP contribution in [-0.2, 0) is 11.2 Å². The van der Waals surface area contributed by atoms with E-state index in [4.69, 9.17) is 4.74 Å². The van der Waals surface area contributed by atoms with Crippen LogP contribution in [-0.4, -0.2) is 25.2 Å². The van der Waals surface area contributed by atoms with E-state index < -0.39 is 0 Å². The van der Waals surface area contributed by atoms with Gasteiger partial charge in [0.2, 0.25) is 0 Å². The minimum absolute atomic E-state index is 0.0764. The van der Waals surface area contributed by atoms with Gasteiger partial charge in [-0.15, -0.1) is 0 Å². The highest BCUT2D eigenvalue weighted by molar-refractivity contribution is 5.89. The molecule has 1 heterocycles. The number of rotatable bonds is 7. The first kappa shape index (κ1) is 16.0. The zero-order chi connectivity index (χ0) is 14.9. The predicted octanol–water partition coefficient (Wildman–Crippen LogP) is 3.72. The lowest BCUT2D eigenvalue weighted by atomic mass is 10.0. The Bertz CT molecular complexity index is 421. The molecule has 0 amide bonds. The molecule has 1 aliphatic heterocycles. The van der Waals surface area contributed by atoms with Crippen LogP contribution in [0.25, 0.3) is 0 Å². The van der Waals surface area contributed by atoms with Crippen LogP contribution in [0.4, 0.5) is 0 Å².